The first-order chi connectivity index (χ1) is 11.1. The highest BCUT2D eigenvalue weighted by Crippen LogP contribution is 2.25. The Hall–Kier alpha value is -2.59. The zero-order valence-electron chi connectivity index (χ0n) is 12.5. The van der Waals surface area contributed by atoms with Crippen LogP contribution in [0, 0.1) is 0 Å². The molecule has 1 aromatic heterocycles. The van der Waals surface area contributed by atoms with Gasteiger partial charge in [-0.25, -0.2) is 4.98 Å². The SMILES string of the molecule is CC(=O)c1cc(Cl)ccc1OCc1ncc(-c2ccccc2)o1. The van der Waals surface area contributed by atoms with Crippen LogP contribution in [-0.2, 0) is 6.61 Å². The van der Waals surface area contributed by atoms with Gasteiger partial charge in [-0.15, -0.1) is 0 Å². The van der Waals surface area contributed by atoms with E-state index in [-0.39, 0.29) is 12.4 Å². The van der Waals surface area contributed by atoms with E-state index in [2.05, 4.69) is 4.98 Å². The van der Waals surface area contributed by atoms with E-state index in [0.29, 0.717) is 28.0 Å². The molecule has 0 radical (unpaired) electrons. The van der Waals surface area contributed by atoms with Gasteiger partial charge < -0.3 is 9.15 Å². The van der Waals surface area contributed by atoms with E-state index in [0.717, 1.165) is 5.56 Å². The Morgan fingerprint density at radius 3 is 2.74 bits per heavy atom. The van der Waals surface area contributed by atoms with E-state index in [1.165, 1.54) is 6.92 Å². The first-order valence-electron chi connectivity index (χ1n) is 7.07. The number of benzene rings is 2. The predicted octanol–water partition coefficient (Wildman–Crippen LogP) is 4.78. The number of rotatable bonds is 5. The van der Waals surface area contributed by atoms with E-state index in [4.69, 9.17) is 20.8 Å². The minimum absolute atomic E-state index is 0.111. The molecule has 0 bridgehead atoms. The molecular formula is C18H14ClNO3. The number of ketones is 1. The van der Waals surface area contributed by atoms with Crippen molar-refractivity contribution < 1.29 is 13.9 Å². The minimum Gasteiger partial charge on any atom is -0.483 e. The minimum atomic E-state index is -0.111. The molecule has 1 heterocycles. The second-order valence-electron chi connectivity index (χ2n) is 4.97. The number of nitrogens with zero attached hydrogens (tertiary/aromatic N) is 1. The molecular weight excluding hydrogens is 314 g/mol. The Kier molecular flexibility index (Phi) is 4.44. The van der Waals surface area contributed by atoms with Gasteiger partial charge in [-0.2, -0.15) is 0 Å². The number of hydrogen-bond acceptors (Lipinski definition) is 4. The monoisotopic (exact) mass is 327 g/mol. The summed E-state index contributed by atoms with van der Waals surface area (Å²) in [5, 5.41) is 0.491. The van der Waals surface area contributed by atoms with Crippen LogP contribution < -0.4 is 4.74 Å². The van der Waals surface area contributed by atoms with Crippen LogP contribution in [0.5, 0.6) is 5.75 Å². The maximum absolute atomic E-state index is 11.6. The average Bonchev–Trinajstić information content (AvgIpc) is 3.03. The molecule has 23 heavy (non-hydrogen) atoms. The zero-order valence-corrected chi connectivity index (χ0v) is 13.2. The summed E-state index contributed by atoms with van der Waals surface area (Å²) in [6.07, 6.45) is 1.65. The van der Waals surface area contributed by atoms with Crippen LogP contribution >= 0.6 is 11.6 Å². The number of aromatic nitrogens is 1. The van der Waals surface area contributed by atoms with Crippen molar-refractivity contribution in [1.82, 2.24) is 4.98 Å². The summed E-state index contributed by atoms with van der Waals surface area (Å²) in [5.74, 6) is 1.46. The Morgan fingerprint density at radius 1 is 1.22 bits per heavy atom. The highest BCUT2D eigenvalue weighted by Gasteiger charge is 2.12. The molecule has 0 fully saturated rings. The lowest BCUT2D eigenvalue weighted by Gasteiger charge is -2.08. The molecule has 4 nitrogen and oxygen atoms in total. The molecule has 0 unspecified atom stereocenters. The molecule has 0 atom stereocenters. The summed E-state index contributed by atoms with van der Waals surface area (Å²) in [4.78, 5) is 15.8. The van der Waals surface area contributed by atoms with E-state index in [1.54, 1.807) is 24.4 Å². The Morgan fingerprint density at radius 2 is 2.00 bits per heavy atom. The third kappa shape index (κ3) is 3.60. The fourth-order valence-corrected chi connectivity index (χ4v) is 2.33. The number of carbonyl (C=O) groups excluding carboxylic acids is 1. The quantitative estimate of drug-likeness (QED) is 0.633. The molecule has 0 saturated carbocycles. The topological polar surface area (TPSA) is 52.3 Å². The van der Waals surface area contributed by atoms with Gasteiger partial charge in [-0.05, 0) is 25.1 Å². The highest BCUT2D eigenvalue weighted by atomic mass is 35.5. The molecule has 0 N–H and O–H groups in total. The summed E-state index contributed by atoms with van der Waals surface area (Å²) >= 11 is 5.91. The van der Waals surface area contributed by atoms with Gasteiger partial charge in [-0.1, -0.05) is 41.9 Å². The summed E-state index contributed by atoms with van der Waals surface area (Å²) in [6.45, 7) is 1.60. The van der Waals surface area contributed by atoms with Gasteiger partial charge >= 0.3 is 0 Å². The second-order valence-corrected chi connectivity index (χ2v) is 5.41. The molecule has 2 aromatic carbocycles. The molecule has 0 aliphatic rings. The molecule has 116 valence electrons. The van der Waals surface area contributed by atoms with Crippen LogP contribution in [0.15, 0.2) is 59.1 Å². The fourth-order valence-electron chi connectivity index (χ4n) is 2.16. The number of Topliss-reactive ketones (excluding diaryl/α,β-unsaturated/α-hetero) is 1. The lowest BCUT2D eigenvalue weighted by atomic mass is 10.1. The van der Waals surface area contributed by atoms with Crippen molar-refractivity contribution in [1.29, 1.82) is 0 Å². The van der Waals surface area contributed by atoms with Crippen LogP contribution in [0.4, 0.5) is 0 Å². The molecule has 0 saturated heterocycles. The Balaban J connectivity index is 1.75. The van der Waals surface area contributed by atoms with Gasteiger partial charge in [0.1, 0.15) is 5.75 Å². The molecule has 0 amide bonds. The van der Waals surface area contributed by atoms with Crippen molar-refractivity contribution in [2.45, 2.75) is 13.5 Å². The van der Waals surface area contributed by atoms with Gasteiger partial charge in [0, 0.05) is 10.6 Å². The number of hydrogen-bond donors (Lipinski definition) is 0. The standard InChI is InChI=1S/C18H14ClNO3/c1-12(21)15-9-14(19)7-8-16(15)22-11-18-20-10-17(23-18)13-5-3-2-4-6-13/h2-10H,11H2,1H3. The van der Waals surface area contributed by atoms with Crippen LogP contribution in [0.2, 0.25) is 5.02 Å². The summed E-state index contributed by atoms with van der Waals surface area (Å²) < 4.78 is 11.3. The van der Waals surface area contributed by atoms with E-state index >= 15 is 0 Å². The van der Waals surface area contributed by atoms with Gasteiger partial charge in [0.05, 0.1) is 11.8 Å². The van der Waals surface area contributed by atoms with Gasteiger partial charge in [0.25, 0.3) is 0 Å². The highest BCUT2D eigenvalue weighted by molar-refractivity contribution is 6.31. The molecule has 0 aliphatic carbocycles. The maximum Gasteiger partial charge on any atom is 0.232 e. The molecule has 3 rings (SSSR count). The van der Waals surface area contributed by atoms with E-state index < -0.39 is 0 Å². The lowest BCUT2D eigenvalue weighted by Crippen LogP contribution is -2.01. The molecule has 0 aliphatic heterocycles. The number of halogens is 1. The summed E-state index contributed by atoms with van der Waals surface area (Å²) in [5.41, 5.74) is 1.38. The maximum atomic E-state index is 11.6. The number of oxazole rings is 1. The first-order valence-corrected chi connectivity index (χ1v) is 7.44. The van der Waals surface area contributed by atoms with Gasteiger partial charge in [0.2, 0.25) is 5.89 Å². The lowest BCUT2D eigenvalue weighted by molar-refractivity contribution is 0.101. The number of ether oxygens (including phenoxy) is 1. The van der Waals surface area contributed by atoms with Crippen molar-refractivity contribution in [3.8, 4) is 17.1 Å². The summed E-state index contributed by atoms with van der Waals surface area (Å²) in [6, 6.07) is 14.6. The van der Waals surface area contributed by atoms with Crippen LogP contribution in [0.1, 0.15) is 23.2 Å². The van der Waals surface area contributed by atoms with Crippen molar-refractivity contribution in [2.75, 3.05) is 0 Å². The van der Waals surface area contributed by atoms with Crippen LogP contribution in [-0.4, -0.2) is 10.8 Å². The van der Waals surface area contributed by atoms with Crippen molar-refractivity contribution in [2.24, 2.45) is 0 Å². The third-order valence-electron chi connectivity index (χ3n) is 3.28. The molecule has 0 spiro atoms. The Labute approximate surface area is 138 Å². The normalized spacial score (nSPS) is 10.5. The third-order valence-corrected chi connectivity index (χ3v) is 3.52. The first kappa shape index (κ1) is 15.3. The van der Waals surface area contributed by atoms with E-state index in [1.807, 2.05) is 30.3 Å². The Bertz CT molecular complexity index is 827. The smallest absolute Gasteiger partial charge is 0.232 e. The largest absolute Gasteiger partial charge is 0.483 e. The van der Waals surface area contributed by atoms with Crippen molar-refractivity contribution >= 4 is 17.4 Å². The van der Waals surface area contributed by atoms with Crippen LogP contribution in [0.3, 0.4) is 0 Å². The zero-order chi connectivity index (χ0) is 16.2. The second kappa shape index (κ2) is 6.67. The predicted molar refractivity (Wildman–Crippen MR) is 87.7 cm³/mol. The van der Waals surface area contributed by atoms with Crippen LogP contribution in [0.25, 0.3) is 11.3 Å². The van der Waals surface area contributed by atoms with Gasteiger partial charge in [-0.3, -0.25) is 4.79 Å². The number of carbonyl (C=O) groups is 1. The molecule has 5 heteroatoms. The fraction of sp³-hybridized carbons (Fsp3) is 0.111. The van der Waals surface area contributed by atoms with Gasteiger partial charge in [0.15, 0.2) is 18.2 Å². The molecule has 3 aromatic rings. The summed E-state index contributed by atoms with van der Waals surface area (Å²) in [7, 11) is 0. The van der Waals surface area contributed by atoms with Crippen molar-refractivity contribution in [3.05, 3.63) is 71.2 Å². The average molecular weight is 328 g/mol. The van der Waals surface area contributed by atoms with E-state index in [9.17, 15) is 4.79 Å². The van der Waals surface area contributed by atoms with Crippen molar-refractivity contribution in [3.63, 3.8) is 0 Å².